The van der Waals surface area contributed by atoms with Crippen molar-refractivity contribution in [3.8, 4) is 5.75 Å². The van der Waals surface area contributed by atoms with Gasteiger partial charge >= 0.3 is 5.69 Å². The van der Waals surface area contributed by atoms with E-state index in [9.17, 15) is 14.9 Å². The molecule has 1 aliphatic rings. The summed E-state index contributed by atoms with van der Waals surface area (Å²) in [5, 5.41) is 11.1. The van der Waals surface area contributed by atoms with Crippen LogP contribution in [0.2, 0.25) is 0 Å². The van der Waals surface area contributed by atoms with Gasteiger partial charge in [0, 0.05) is 25.2 Å². The number of nitro groups is 1. The third-order valence-electron chi connectivity index (χ3n) is 3.48. The van der Waals surface area contributed by atoms with Gasteiger partial charge in [-0.15, -0.1) is 0 Å². The molecule has 0 aliphatic carbocycles. The number of rotatable bonds is 6. The lowest BCUT2D eigenvalue weighted by Crippen LogP contribution is -2.25. The molecule has 0 saturated carbocycles. The molecule has 0 bridgehead atoms. The molecule has 0 spiro atoms. The second-order valence-electron chi connectivity index (χ2n) is 5.20. The molecule has 1 aromatic carbocycles. The summed E-state index contributed by atoms with van der Waals surface area (Å²) >= 11 is 0. The van der Waals surface area contributed by atoms with Gasteiger partial charge in [0.05, 0.1) is 11.5 Å². The first kappa shape index (κ1) is 16.0. The summed E-state index contributed by atoms with van der Waals surface area (Å²) in [6.45, 7) is 3.94. The van der Waals surface area contributed by atoms with Gasteiger partial charge in [-0.05, 0) is 37.0 Å². The summed E-state index contributed by atoms with van der Waals surface area (Å²) in [4.78, 5) is 24.4. The molecule has 0 N–H and O–H groups in total. The van der Waals surface area contributed by atoms with Crippen molar-refractivity contribution in [2.45, 2.75) is 26.2 Å². The van der Waals surface area contributed by atoms with Gasteiger partial charge in [-0.2, -0.15) is 0 Å². The summed E-state index contributed by atoms with van der Waals surface area (Å²) in [5.41, 5.74) is 0.535. The van der Waals surface area contributed by atoms with E-state index in [1.54, 1.807) is 23.1 Å². The summed E-state index contributed by atoms with van der Waals surface area (Å²) in [5.74, 6) is 0.210. The van der Waals surface area contributed by atoms with Crippen molar-refractivity contribution in [1.82, 2.24) is 4.90 Å². The van der Waals surface area contributed by atoms with E-state index in [0.717, 1.165) is 32.4 Å². The van der Waals surface area contributed by atoms with Crippen molar-refractivity contribution in [1.29, 1.82) is 0 Å². The van der Waals surface area contributed by atoms with E-state index in [0.29, 0.717) is 12.2 Å². The highest BCUT2D eigenvalue weighted by atomic mass is 16.6. The standard InChI is InChI=1S/C16H20N2O4/c1-2-11-22-15-7-5-13(12-14(15)18(20)21)6-8-16(19)17-9-3-4-10-17/h5-8,12H,2-4,9-11H2,1H3/b8-6+. The highest BCUT2D eigenvalue weighted by Gasteiger charge is 2.17. The van der Waals surface area contributed by atoms with Crippen LogP contribution in [-0.2, 0) is 4.79 Å². The van der Waals surface area contributed by atoms with Crippen LogP contribution in [0, 0.1) is 10.1 Å². The zero-order valence-electron chi connectivity index (χ0n) is 12.7. The Hall–Kier alpha value is -2.37. The third kappa shape index (κ3) is 4.07. The number of nitro benzene ring substituents is 1. The van der Waals surface area contributed by atoms with Gasteiger partial charge in [0.1, 0.15) is 0 Å². The molecule has 0 unspecified atom stereocenters. The van der Waals surface area contributed by atoms with E-state index >= 15 is 0 Å². The molecule has 0 atom stereocenters. The maximum absolute atomic E-state index is 11.9. The molecule has 1 aromatic rings. The first-order valence-corrected chi connectivity index (χ1v) is 7.50. The lowest BCUT2D eigenvalue weighted by Gasteiger charge is -2.11. The lowest BCUT2D eigenvalue weighted by atomic mass is 10.1. The predicted molar refractivity (Wildman–Crippen MR) is 83.7 cm³/mol. The summed E-state index contributed by atoms with van der Waals surface area (Å²) in [6, 6.07) is 4.72. The van der Waals surface area contributed by atoms with Crippen molar-refractivity contribution in [2.24, 2.45) is 0 Å². The first-order chi connectivity index (χ1) is 10.6. The number of carbonyl (C=O) groups excluding carboxylic acids is 1. The van der Waals surface area contributed by atoms with E-state index in [4.69, 9.17) is 4.74 Å². The number of carbonyl (C=O) groups is 1. The Kier molecular flexibility index (Phi) is 5.52. The second kappa shape index (κ2) is 7.59. The number of nitrogens with zero attached hydrogens (tertiary/aromatic N) is 2. The molecular formula is C16H20N2O4. The number of likely N-dealkylation sites (tertiary alicyclic amines) is 1. The number of hydrogen-bond acceptors (Lipinski definition) is 4. The fraction of sp³-hybridized carbons (Fsp3) is 0.438. The molecule has 1 heterocycles. The van der Waals surface area contributed by atoms with Gasteiger partial charge in [0.15, 0.2) is 5.75 Å². The van der Waals surface area contributed by atoms with Crippen molar-refractivity contribution in [2.75, 3.05) is 19.7 Å². The molecule has 6 nitrogen and oxygen atoms in total. The average molecular weight is 304 g/mol. The third-order valence-corrected chi connectivity index (χ3v) is 3.48. The molecule has 22 heavy (non-hydrogen) atoms. The van der Waals surface area contributed by atoms with E-state index < -0.39 is 4.92 Å². The van der Waals surface area contributed by atoms with Crippen LogP contribution in [0.15, 0.2) is 24.3 Å². The van der Waals surface area contributed by atoms with Gasteiger partial charge in [-0.25, -0.2) is 0 Å². The Balaban J connectivity index is 2.12. The zero-order valence-corrected chi connectivity index (χ0v) is 12.7. The highest BCUT2D eigenvalue weighted by Crippen LogP contribution is 2.28. The molecule has 2 rings (SSSR count). The predicted octanol–water partition coefficient (Wildman–Crippen LogP) is 3.02. The minimum Gasteiger partial charge on any atom is -0.487 e. The van der Waals surface area contributed by atoms with Gasteiger partial charge in [0.2, 0.25) is 5.91 Å². The van der Waals surface area contributed by atoms with Crippen molar-refractivity contribution < 1.29 is 14.5 Å². The largest absolute Gasteiger partial charge is 0.487 e. The first-order valence-electron chi connectivity index (χ1n) is 7.50. The SMILES string of the molecule is CCCOc1ccc(/C=C/C(=O)N2CCCC2)cc1[N+](=O)[O-]. The molecule has 1 aliphatic heterocycles. The van der Waals surface area contributed by atoms with E-state index in [-0.39, 0.29) is 17.3 Å². The van der Waals surface area contributed by atoms with Crippen LogP contribution < -0.4 is 4.74 Å². The smallest absolute Gasteiger partial charge is 0.311 e. The number of hydrogen-bond donors (Lipinski definition) is 0. The Morgan fingerprint density at radius 3 is 2.77 bits per heavy atom. The minimum atomic E-state index is -0.468. The Labute approximate surface area is 129 Å². The highest BCUT2D eigenvalue weighted by molar-refractivity contribution is 5.92. The van der Waals surface area contributed by atoms with Crippen LogP contribution in [0.25, 0.3) is 6.08 Å². The molecule has 1 fully saturated rings. The second-order valence-corrected chi connectivity index (χ2v) is 5.20. The number of ether oxygens (including phenoxy) is 1. The summed E-state index contributed by atoms with van der Waals surface area (Å²) in [7, 11) is 0. The van der Waals surface area contributed by atoms with Crippen molar-refractivity contribution in [3.05, 3.63) is 40.0 Å². The molecular weight excluding hydrogens is 284 g/mol. The van der Waals surface area contributed by atoms with Gasteiger partial charge < -0.3 is 9.64 Å². The number of benzene rings is 1. The van der Waals surface area contributed by atoms with Gasteiger partial charge in [-0.3, -0.25) is 14.9 Å². The Morgan fingerprint density at radius 1 is 1.41 bits per heavy atom. The molecule has 0 radical (unpaired) electrons. The van der Waals surface area contributed by atoms with E-state index in [2.05, 4.69) is 0 Å². The number of amides is 1. The quantitative estimate of drug-likeness (QED) is 0.460. The Morgan fingerprint density at radius 2 is 2.14 bits per heavy atom. The van der Waals surface area contributed by atoms with Crippen molar-refractivity contribution in [3.63, 3.8) is 0 Å². The van der Waals surface area contributed by atoms with Crippen LogP contribution in [0.3, 0.4) is 0 Å². The topological polar surface area (TPSA) is 72.7 Å². The maximum Gasteiger partial charge on any atom is 0.311 e. The van der Waals surface area contributed by atoms with E-state index in [1.165, 1.54) is 12.1 Å². The lowest BCUT2D eigenvalue weighted by molar-refractivity contribution is -0.385. The van der Waals surface area contributed by atoms with Gasteiger partial charge in [-0.1, -0.05) is 13.0 Å². The monoisotopic (exact) mass is 304 g/mol. The summed E-state index contributed by atoms with van der Waals surface area (Å²) in [6.07, 6.45) is 5.93. The normalized spacial score (nSPS) is 14.5. The van der Waals surface area contributed by atoms with Crippen LogP contribution >= 0.6 is 0 Å². The minimum absolute atomic E-state index is 0.0496. The molecule has 0 aromatic heterocycles. The maximum atomic E-state index is 11.9. The Bertz CT molecular complexity index is 578. The fourth-order valence-electron chi connectivity index (χ4n) is 2.33. The van der Waals surface area contributed by atoms with Crippen LogP contribution in [0.1, 0.15) is 31.7 Å². The molecule has 6 heteroatoms. The summed E-state index contributed by atoms with van der Waals surface area (Å²) < 4.78 is 5.37. The van der Waals surface area contributed by atoms with Crippen LogP contribution in [-0.4, -0.2) is 35.4 Å². The fourth-order valence-corrected chi connectivity index (χ4v) is 2.33. The molecule has 1 amide bonds. The average Bonchev–Trinajstić information content (AvgIpc) is 3.05. The van der Waals surface area contributed by atoms with Crippen LogP contribution in [0.4, 0.5) is 5.69 Å². The molecule has 118 valence electrons. The molecule has 1 saturated heterocycles. The van der Waals surface area contributed by atoms with E-state index in [1.807, 2.05) is 6.92 Å². The van der Waals surface area contributed by atoms with Gasteiger partial charge in [0.25, 0.3) is 0 Å². The van der Waals surface area contributed by atoms with Crippen molar-refractivity contribution >= 4 is 17.7 Å². The zero-order chi connectivity index (χ0) is 15.9. The van der Waals surface area contributed by atoms with Crippen LogP contribution in [0.5, 0.6) is 5.75 Å².